The molecule has 0 amide bonds. The van der Waals surface area contributed by atoms with Crippen molar-refractivity contribution in [1.29, 1.82) is 0 Å². The van der Waals surface area contributed by atoms with E-state index in [1.807, 2.05) is 0 Å². The van der Waals surface area contributed by atoms with Crippen molar-refractivity contribution >= 4 is 23.5 Å². The summed E-state index contributed by atoms with van der Waals surface area (Å²) in [6, 6.07) is 0. The molecule has 1 aliphatic heterocycles. The number of ether oxygens (including phenoxy) is 1. The normalized spacial score (nSPS) is 34.8. The summed E-state index contributed by atoms with van der Waals surface area (Å²) in [6.07, 6.45) is 12.7. The lowest BCUT2D eigenvalue weighted by atomic mass is 9.64. The first-order chi connectivity index (χ1) is 14.4. The topological polar surface area (TPSA) is 169 Å². The monoisotopic (exact) mass is 506 g/mol. The van der Waals surface area contributed by atoms with Crippen LogP contribution in [0.4, 0.5) is 0 Å². The Morgan fingerprint density at radius 2 is 1.32 bits per heavy atom. The van der Waals surface area contributed by atoms with E-state index in [0.29, 0.717) is 12.3 Å². The SMILES string of the molecule is O=P(O)(O)OP(=O)(O)OP(=O)(O)OC[C@@H]1CC[C@H](C2CC(C3CCCCCCC3)C2)O1. The van der Waals surface area contributed by atoms with Gasteiger partial charge in [0.1, 0.15) is 0 Å². The Morgan fingerprint density at radius 3 is 1.94 bits per heavy atom. The van der Waals surface area contributed by atoms with Crippen molar-refractivity contribution in [3.8, 4) is 0 Å². The molecule has 0 spiro atoms. The Morgan fingerprint density at radius 1 is 0.710 bits per heavy atom. The van der Waals surface area contributed by atoms with Crippen LogP contribution in [0.15, 0.2) is 0 Å². The van der Waals surface area contributed by atoms with Gasteiger partial charge in [0.2, 0.25) is 0 Å². The van der Waals surface area contributed by atoms with Crippen LogP contribution in [0.2, 0.25) is 0 Å². The number of phosphoric acid groups is 3. The van der Waals surface area contributed by atoms with E-state index in [-0.39, 0.29) is 12.7 Å². The Bertz CT molecular complexity index is 727. The molecule has 1 saturated heterocycles. The summed E-state index contributed by atoms with van der Waals surface area (Å²) in [5.41, 5.74) is 0. The fourth-order valence-corrected chi connectivity index (χ4v) is 8.09. The maximum atomic E-state index is 11.8. The molecule has 3 rings (SSSR count). The summed E-state index contributed by atoms with van der Waals surface area (Å²) in [5, 5.41) is 0. The molecular formula is C17H33O11P3. The minimum atomic E-state index is -5.49. The van der Waals surface area contributed by atoms with Gasteiger partial charge < -0.3 is 24.3 Å². The summed E-state index contributed by atoms with van der Waals surface area (Å²) in [4.78, 5) is 35.8. The summed E-state index contributed by atoms with van der Waals surface area (Å²) in [7, 11) is -16.0. The van der Waals surface area contributed by atoms with Crippen molar-refractivity contribution in [3.63, 3.8) is 0 Å². The predicted molar refractivity (Wildman–Crippen MR) is 110 cm³/mol. The Kier molecular flexibility index (Phi) is 9.01. The van der Waals surface area contributed by atoms with E-state index >= 15 is 0 Å². The smallest absolute Gasteiger partial charge is 0.372 e. The lowest BCUT2D eigenvalue weighted by molar-refractivity contribution is -0.0556. The Hall–Kier alpha value is 0.370. The first-order valence-electron chi connectivity index (χ1n) is 10.9. The molecule has 182 valence electrons. The van der Waals surface area contributed by atoms with E-state index < -0.39 is 29.6 Å². The van der Waals surface area contributed by atoms with Gasteiger partial charge in [-0.25, -0.2) is 13.7 Å². The van der Waals surface area contributed by atoms with Gasteiger partial charge in [0, 0.05) is 0 Å². The maximum Gasteiger partial charge on any atom is 0.490 e. The molecule has 4 atom stereocenters. The molecule has 0 radical (unpaired) electrons. The zero-order valence-corrected chi connectivity index (χ0v) is 20.0. The Labute approximate surface area is 182 Å². The highest BCUT2D eigenvalue weighted by Crippen LogP contribution is 2.66. The van der Waals surface area contributed by atoms with Crippen LogP contribution in [-0.2, 0) is 31.6 Å². The van der Waals surface area contributed by atoms with E-state index in [1.165, 1.54) is 44.9 Å². The molecular weight excluding hydrogens is 473 g/mol. The zero-order chi connectivity index (χ0) is 22.7. The third kappa shape index (κ3) is 8.58. The van der Waals surface area contributed by atoms with E-state index in [2.05, 4.69) is 13.1 Å². The fraction of sp³-hybridized carbons (Fsp3) is 1.00. The molecule has 0 aromatic heterocycles. The first-order valence-corrected chi connectivity index (χ1v) is 15.4. The van der Waals surface area contributed by atoms with Crippen molar-refractivity contribution in [1.82, 2.24) is 0 Å². The predicted octanol–water partition coefficient (Wildman–Crippen LogP) is 4.26. The minimum absolute atomic E-state index is 0.0688. The molecule has 2 unspecified atom stereocenters. The third-order valence-electron chi connectivity index (χ3n) is 6.53. The highest BCUT2D eigenvalue weighted by atomic mass is 31.3. The Balaban J connectivity index is 1.38. The number of phosphoric ester groups is 1. The molecule has 3 aliphatic rings. The maximum absolute atomic E-state index is 11.8. The van der Waals surface area contributed by atoms with Gasteiger partial charge in [-0.3, -0.25) is 4.52 Å². The average molecular weight is 506 g/mol. The molecule has 4 N–H and O–H groups in total. The van der Waals surface area contributed by atoms with Crippen LogP contribution in [0.25, 0.3) is 0 Å². The lowest BCUT2D eigenvalue weighted by Crippen LogP contribution is -2.38. The molecule has 0 aromatic carbocycles. The number of hydrogen-bond acceptors (Lipinski definition) is 7. The molecule has 2 saturated carbocycles. The van der Waals surface area contributed by atoms with Gasteiger partial charge in [-0.05, 0) is 43.4 Å². The molecule has 1 heterocycles. The number of rotatable bonds is 9. The van der Waals surface area contributed by atoms with Crippen molar-refractivity contribution in [3.05, 3.63) is 0 Å². The molecule has 11 nitrogen and oxygen atoms in total. The third-order valence-corrected chi connectivity index (χ3v) is 10.3. The summed E-state index contributed by atoms with van der Waals surface area (Å²) < 4.78 is 51.9. The van der Waals surface area contributed by atoms with Crippen LogP contribution in [0.1, 0.15) is 70.6 Å². The molecule has 14 heteroatoms. The van der Waals surface area contributed by atoms with Gasteiger partial charge in [0.05, 0.1) is 18.8 Å². The second kappa shape index (κ2) is 10.7. The van der Waals surface area contributed by atoms with E-state index in [1.54, 1.807) is 0 Å². The van der Waals surface area contributed by atoms with Crippen molar-refractivity contribution in [2.45, 2.75) is 82.8 Å². The summed E-state index contributed by atoms with van der Waals surface area (Å²) in [5.74, 6) is 2.06. The molecule has 3 fully saturated rings. The van der Waals surface area contributed by atoms with Crippen molar-refractivity contribution < 1.29 is 51.2 Å². The van der Waals surface area contributed by atoms with Crippen LogP contribution in [0.3, 0.4) is 0 Å². The molecule has 0 bridgehead atoms. The summed E-state index contributed by atoms with van der Waals surface area (Å²) in [6.45, 7) is -0.348. The van der Waals surface area contributed by atoms with Crippen molar-refractivity contribution in [2.24, 2.45) is 17.8 Å². The lowest BCUT2D eigenvalue weighted by Gasteiger charge is -2.43. The highest BCUT2D eigenvalue weighted by Gasteiger charge is 2.44. The van der Waals surface area contributed by atoms with E-state index in [0.717, 1.165) is 31.1 Å². The van der Waals surface area contributed by atoms with Gasteiger partial charge in [0.25, 0.3) is 0 Å². The minimum Gasteiger partial charge on any atom is -0.372 e. The molecule has 0 aromatic rings. The second-order valence-corrected chi connectivity index (χ2v) is 13.3. The van der Waals surface area contributed by atoms with Crippen molar-refractivity contribution in [2.75, 3.05) is 6.61 Å². The molecule has 2 aliphatic carbocycles. The van der Waals surface area contributed by atoms with Crippen LogP contribution in [0, 0.1) is 17.8 Å². The highest BCUT2D eigenvalue weighted by molar-refractivity contribution is 7.66. The van der Waals surface area contributed by atoms with Gasteiger partial charge in [0.15, 0.2) is 0 Å². The van der Waals surface area contributed by atoms with Gasteiger partial charge >= 0.3 is 23.5 Å². The zero-order valence-electron chi connectivity index (χ0n) is 17.4. The standard InChI is InChI=1S/C17H33O11P3/c18-29(19,20)27-31(23,24)28-30(21,22)25-12-16-8-9-17(26-16)15-10-14(11-15)13-6-4-2-1-3-5-7-13/h13-17H,1-12H2,(H,21,22)(H,23,24)(H2,18,19,20)/t14?,15?,16-,17+/m0/s1. The second-order valence-electron chi connectivity index (χ2n) is 8.86. The van der Waals surface area contributed by atoms with E-state index in [9.17, 15) is 23.5 Å². The average Bonchev–Trinajstić information content (AvgIpc) is 2.98. The van der Waals surface area contributed by atoms with Crippen LogP contribution < -0.4 is 0 Å². The van der Waals surface area contributed by atoms with Gasteiger partial charge in [-0.1, -0.05) is 44.9 Å². The van der Waals surface area contributed by atoms with Gasteiger partial charge in [-0.15, -0.1) is 0 Å². The first kappa shape index (κ1) is 26.0. The summed E-state index contributed by atoms with van der Waals surface area (Å²) >= 11 is 0. The van der Waals surface area contributed by atoms with Crippen LogP contribution in [-0.4, -0.2) is 38.4 Å². The molecule has 31 heavy (non-hydrogen) atoms. The van der Waals surface area contributed by atoms with Gasteiger partial charge in [-0.2, -0.15) is 8.62 Å². The number of hydrogen-bond donors (Lipinski definition) is 4. The van der Waals surface area contributed by atoms with Crippen LogP contribution in [0.5, 0.6) is 0 Å². The van der Waals surface area contributed by atoms with E-state index in [4.69, 9.17) is 14.5 Å². The van der Waals surface area contributed by atoms with Crippen LogP contribution >= 0.6 is 23.5 Å². The largest absolute Gasteiger partial charge is 0.490 e. The quantitative estimate of drug-likeness (QED) is 0.330. The fourth-order valence-electron chi connectivity index (χ4n) is 5.04.